The molecule has 0 atom stereocenters. The van der Waals surface area contributed by atoms with Crippen LogP contribution in [0.2, 0.25) is 0 Å². The van der Waals surface area contributed by atoms with Crippen LogP contribution >= 0.6 is 11.3 Å². The number of carbonyl (C=O) groups excluding carboxylic acids is 1. The molecular weight excluding hydrogens is 204 g/mol. The highest BCUT2D eigenvalue weighted by Crippen LogP contribution is 2.25. The van der Waals surface area contributed by atoms with Crippen LogP contribution in [-0.2, 0) is 17.6 Å². The summed E-state index contributed by atoms with van der Waals surface area (Å²) < 4.78 is 0. The molecule has 84 valence electrons. The molecule has 0 aliphatic heterocycles. The molecule has 0 saturated heterocycles. The fourth-order valence-electron chi connectivity index (χ4n) is 1.30. The average Bonchev–Trinajstić information content (AvgIpc) is 2.65. The normalized spacial score (nSPS) is 11.7. The van der Waals surface area contributed by atoms with Gasteiger partial charge in [-0.1, -0.05) is 27.7 Å². The number of rotatable bonds is 5. The zero-order valence-electron chi connectivity index (χ0n) is 10.1. The summed E-state index contributed by atoms with van der Waals surface area (Å²) in [7, 11) is 0. The van der Waals surface area contributed by atoms with E-state index in [1.54, 1.807) is 11.3 Å². The number of hydrogen-bond donors (Lipinski definition) is 0. The number of Topliss-reactive ketones (excluding diaryl/α,β-unsaturated/α-hetero) is 1. The molecule has 0 fully saturated rings. The van der Waals surface area contributed by atoms with E-state index in [0.29, 0.717) is 12.2 Å². The minimum Gasteiger partial charge on any atom is -0.299 e. The van der Waals surface area contributed by atoms with Gasteiger partial charge in [-0.15, -0.1) is 11.3 Å². The molecule has 0 aliphatic rings. The van der Waals surface area contributed by atoms with Crippen LogP contribution in [0.5, 0.6) is 0 Å². The van der Waals surface area contributed by atoms with E-state index in [2.05, 4.69) is 26.0 Å². The molecule has 1 rings (SSSR count). The number of ketones is 1. The van der Waals surface area contributed by atoms with Crippen LogP contribution in [0, 0.1) is 5.41 Å². The van der Waals surface area contributed by atoms with Crippen molar-refractivity contribution in [1.29, 1.82) is 0 Å². The van der Waals surface area contributed by atoms with Crippen molar-refractivity contribution in [3.05, 3.63) is 21.9 Å². The second kappa shape index (κ2) is 4.93. The van der Waals surface area contributed by atoms with Crippen molar-refractivity contribution in [1.82, 2.24) is 0 Å². The first kappa shape index (κ1) is 12.4. The van der Waals surface area contributed by atoms with Gasteiger partial charge in [-0.05, 0) is 25.0 Å². The number of aryl methyl sites for hydroxylation is 1. The van der Waals surface area contributed by atoms with Crippen molar-refractivity contribution in [2.45, 2.75) is 47.0 Å². The lowest BCUT2D eigenvalue weighted by atomic mass is 9.83. The Morgan fingerprint density at radius 1 is 1.27 bits per heavy atom. The minimum absolute atomic E-state index is 0.170. The molecule has 0 saturated carbocycles. The Labute approximate surface area is 96.5 Å². The van der Waals surface area contributed by atoms with Crippen LogP contribution < -0.4 is 0 Å². The van der Waals surface area contributed by atoms with Gasteiger partial charge in [-0.25, -0.2) is 0 Å². The number of carbonyl (C=O) groups is 1. The van der Waals surface area contributed by atoms with Gasteiger partial charge in [0.05, 0.1) is 0 Å². The van der Waals surface area contributed by atoms with E-state index in [1.807, 2.05) is 13.8 Å². The maximum atomic E-state index is 12.0. The molecule has 1 heterocycles. The molecule has 1 aromatic heterocycles. The van der Waals surface area contributed by atoms with Crippen molar-refractivity contribution < 1.29 is 4.79 Å². The lowest BCUT2D eigenvalue weighted by Gasteiger charge is -2.20. The highest BCUT2D eigenvalue weighted by atomic mass is 32.1. The highest BCUT2D eigenvalue weighted by Gasteiger charge is 2.25. The Morgan fingerprint density at radius 2 is 1.87 bits per heavy atom. The second-order valence-corrected chi connectivity index (χ2v) is 5.81. The summed E-state index contributed by atoms with van der Waals surface area (Å²) in [6.07, 6.45) is 2.58. The number of hydrogen-bond acceptors (Lipinski definition) is 2. The van der Waals surface area contributed by atoms with Crippen LogP contribution in [0.1, 0.15) is 43.9 Å². The molecule has 0 unspecified atom stereocenters. The zero-order chi connectivity index (χ0) is 11.5. The first-order chi connectivity index (χ1) is 6.99. The van der Waals surface area contributed by atoms with Gasteiger partial charge >= 0.3 is 0 Å². The van der Waals surface area contributed by atoms with E-state index in [-0.39, 0.29) is 5.41 Å². The molecule has 0 bridgehead atoms. The van der Waals surface area contributed by atoms with Gasteiger partial charge < -0.3 is 0 Å². The topological polar surface area (TPSA) is 17.1 Å². The predicted molar refractivity (Wildman–Crippen MR) is 66.5 cm³/mol. The van der Waals surface area contributed by atoms with E-state index in [1.165, 1.54) is 9.75 Å². The molecule has 1 aromatic rings. The maximum absolute atomic E-state index is 12.0. The number of thiophene rings is 1. The highest BCUT2D eigenvalue weighted by molar-refractivity contribution is 7.12. The van der Waals surface area contributed by atoms with E-state index in [0.717, 1.165) is 12.8 Å². The smallest absolute Gasteiger partial charge is 0.143 e. The third-order valence-corrected chi connectivity index (χ3v) is 4.27. The third-order valence-electron chi connectivity index (χ3n) is 3.04. The average molecular weight is 224 g/mol. The lowest BCUT2D eigenvalue weighted by molar-refractivity contribution is -0.126. The van der Waals surface area contributed by atoms with Crippen molar-refractivity contribution in [3.63, 3.8) is 0 Å². The molecule has 2 heteroatoms. The van der Waals surface area contributed by atoms with Gasteiger partial charge in [0.2, 0.25) is 0 Å². The Kier molecular flexibility index (Phi) is 4.09. The standard InChI is InChI=1S/C13H20OS/c1-5-10-7-8-11(15-10)9-12(14)13(3,4)6-2/h7-8H,5-6,9H2,1-4H3. The summed E-state index contributed by atoms with van der Waals surface area (Å²) in [5, 5.41) is 0. The summed E-state index contributed by atoms with van der Waals surface area (Å²) in [5.41, 5.74) is -0.170. The Morgan fingerprint density at radius 3 is 2.33 bits per heavy atom. The Hall–Kier alpha value is -0.630. The summed E-state index contributed by atoms with van der Waals surface area (Å²) in [5.74, 6) is 0.356. The van der Waals surface area contributed by atoms with Crippen LogP contribution in [0.3, 0.4) is 0 Å². The zero-order valence-corrected chi connectivity index (χ0v) is 10.9. The SMILES string of the molecule is CCc1ccc(CC(=O)C(C)(C)CC)s1. The van der Waals surface area contributed by atoms with E-state index >= 15 is 0 Å². The van der Waals surface area contributed by atoms with Gasteiger partial charge in [-0.2, -0.15) is 0 Å². The molecule has 0 aromatic carbocycles. The monoisotopic (exact) mass is 224 g/mol. The fraction of sp³-hybridized carbons (Fsp3) is 0.615. The van der Waals surface area contributed by atoms with Crippen LogP contribution in [-0.4, -0.2) is 5.78 Å². The van der Waals surface area contributed by atoms with Crippen molar-refractivity contribution in [2.75, 3.05) is 0 Å². The molecule has 15 heavy (non-hydrogen) atoms. The molecule has 0 spiro atoms. The third kappa shape index (κ3) is 3.16. The van der Waals surface area contributed by atoms with Gasteiger partial charge in [0.15, 0.2) is 0 Å². The predicted octanol–water partition coefficient (Wildman–Crippen LogP) is 3.86. The van der Waals surface area contributed by atoms with Gasteiger partial charge in [0.25, 0.3) is 0 Å². The summed E-state index contributed by atoms with van der Waals surface area (Å²) in [4.78, 5) is 14.5. The Balaban J connectivity index is 2.66. The van der Waals surface area contributed by atoms with E-state index in [4.69, 9.17) is 0 Å². The first-order valence-electron chi connectivity index (χ1n) is 5.60. The quantitative estimate of drug-likeness (QED) is 0.742. The fourth-order valence-corrected chi connectivity index (χ4v) is 2.26. The summed E-state index contributed by atoms with van der Waals surface area (Å²) in [6.45, 7) is 8.28. The van der Waals surface area contributed by atoms with Crippen LogP contribution in [0.15, 0.2) is 12.1 Å². The largest absolute Gasteiger partial charge is 0.299 e. The van der Waals surface area contributed by atoms with Gasteiger partial charge in [-0.3, -0.25) is 4.79 Å². The second-order valence-electron chi connectivity index (χ2n) is 4.56. The molecule has 0 radical (unpaired) electrons. The molecule has 1 nitrogen and oxygen atoms in total. The van der Waals surface area contributed by atoms with Crippen molar-refractivity contribution in [3.8, 4) is 0 Å². The van der Waals surface area contributed by atoms with Crippen LogP contribution in [0.4, 0.5) is 0 Å². The van der Waals surface area contributed by atoms with Crippen LogP contribution in [0.25, 0.3) is 0 Å². The molecule has 0 aliphatic carbocycles. The summed E-state index contributed by atoms with van der Waals surface area (Å²) in [6, 6.07) is 4.22. The van der Waals surface area contributed by atoms with E-state index < -0.39 is 0 Å². The molecule has 0 amide bonds. The van der Waals surface area contributed by atoms with Crippen molar-refractivity contribution >= 4 is 17.1 Å². The Bertz CT molecular complexity index is 336. The van der Waals surface area contributed by atoms with Crippen molar-refractivity contribution in [2.24, 2.45) is 5.41 Å². The summed E-state index contributed by atoms with van der Waals surface area (Å²) >= 11 is 1.77. The minimum atomic E-state index is -0.170. The first-order valence-corrected chi connectivity index (χ1v) is 6.42. The molecule has 0 N–H and O–H groups in total. The van der Waals surface area contributed by atoms with E-state index in [9.17, 15) is 4.79 Å². The molecular formula is C13H20OS. The maximum Gasteiger partial charge on any atom is 0.143 e. The van der Waals surface area contributed by atoms with Gasteiger partial charge in [0, 0.05) is 21.6 Å². The van der Waals surface area contributed by atoms with Gasteiger partial charge in [0.1, 0.15) is 5.78 Å². The lowest BCUT2D eigenvalue weighted by Crippen LogP contribution is -2.24.